The molecule has 1 aromatic heterocycles. The third-order valence-corrected chi connectivity index (χ3v) is 9.10. The summed E-state index contributed by atoms with van der Waals surface area (Å²) in [4.78, 5) is 4.68. The summed E-state index contributed by atoms with van der Waals surface area (Å²) in [6.45, 7) is 0. The Bertz CT molecular complexity index is 2360. The van der Waals surface area contributed by atoms with Crippen LogP contribution in [0.3, 0.4) is 0 Å². The first kappa shape index (κ1) is 24.8. The van der Waals surface area contributed by atoms with Gasteiger partial charge in [0.05, 0.1) is 17.2 Å². The van der Waals surface area contributed by atoms with Crippen LogP contribution in [-0.2, 0) is 0 Å². The molecule has 2 heteroatoms. The summed E-state index contributed by atoms with van der Waals surface area (Å²) in [6, 6.07) is 50.8. The van der Waals surface area contributed by atoms with Crippen molar-refractivity contribution in [1.29, 1.82) is 0 Å². The van der Waals surface area contributed by atoms with E-state index in [4.69, 9.17) is 0 Å². The molecule has 2 nitrogen and oxygen atoms in total. The molecule has 0 fully saturated rings. The van der Waals surface area contributed by atoms with E-state index in [1.54, 1.807) is 0 Å². The van der Waals surface area contributed by atoms with Crippen LogP contribution in [0.4, 0.5) is 5.69 Å². The molecule has 9 rings (SSSR count). The van der Waals surface area contributed by atoms with Crippen LogP contribution in [0.25, 0.3) is 71.6 Å². The van der Waals surface area contributed by atoms with E-state index in [0.717, 1.165) is 16.6 Å². The Labute approximate surface area is 255 Å². The molecule has 2 heterocycles. The molecule has 1 unspecified atom stereocenters. The second-order valence-corrected chi connectivity index (χ2v) is 11.6. The number of fused-ring (bicyclic) bond motifs is 6. The molecule has 1 aliphatic rings. The fourth-order valence-electron chi connectivity index (χ4n) is 7.00. The second-order valence-electron chi connectivity index (χ2n) is 11.6. The molecule has 0 saturated carbocycles. The number of hydrogen-bond acceptors (Lipinski definition) is 2. The highest BCUT2D eigenvalue weighted by molar-refractivity contribution is 6.21. The first-order chi connectivity index (χ1) is 21.8. The Kier molecular flexibility index (Phi) is 5.60. The summed E-state index contributed by atoms with van der Waals surface area (Å²) in [7, 11) is 0. The zero-order valence-corrected chi connectivity index (χ0v) is 24.0. The van der Waals surface area contributed by atoms with Gasteiger partial charge in [0.15, 0.2) is 0 Å². The lowest BCUT2D eigenvalue weighted by Gasteiger charge is -2.24. The van der Waals surface area contributed by atoms with E-state index in [1.807, 2.05) is 12.3 Å². The molecule has 44 heavy (non-hydrogen) atoms. The molecule has 0 saturated heterocycles. The average Bonchev–Trinajstić information content (AvgIpc) is 3.10. The maximum Gasteiger partial charge on any atom is 0.0939 e. The first-order valence-electron chi connectivity index (χ1n) is 15.2. The predicted octanol–water partition coefficient (Wildman–Crippen LogP) is 11.2. The van der Waals surface area contributed by atoms with Crippen molar-refractivity contribution >= 4 is 55.0 Å². The fraction of sp³-hybridized carbons (Fsp3) is 0.0238. The average molecular weight is 561 g/mol. The maximum absolute atomic E-state index is 4.68. The zero-order chi connectivity index (χ0) is 29.0. The van der Waals surface area contributed by atoms with Gasteiger partial charge in [-0.05, 0) is 77.8 Å². The maximum atomic E-state index is 4.68. The van der Waals surface area contributed by atoms with Crippen LogP contribution in [0.15, 0.2) is 152 Å². The molecule has 0 spiro atoms. The molecule has 0 bridgehead atoms. The normalized spacial score (nSPS) is 14.2. The largest absolute Gasteiger partial charge is 0.372 e. The minimum Gasteiger partial charge on any atom is -0.372 e. The molecule has 1 aliphatic heterocycles. The van der Waals surface area contributed by atoms with Gasteiger partial charge < -0.3 is 5.32 Å². The van der Waals surface area contributed by atoms with Gasteiger partial charge in [0.1, 0.15) is 0 Å². The van der Waals surface area contributed by atoms with Crippen molar-refractivity contribution in [2.75, 3.05) is 5.32 Å². The van der Waals surface area contributed by atoms with Gasteiger partial charge in [0, 0.05) is 11.6 Å². The van der Waals surface area contributed by atoms with Gasteiger partial charge in [-0.2, -0.15) is 0 Å². The molecule has 0 aliphatic carbocycles. The van der Waals surface area contributed by atoms with E-state index in [1.165, 1.54) is 65.7 Å². The zero-order valence-electron chi connectivity index (χ0n) is 24.0. The van der Waals surface area contributed by atoms with Crippen LogP contribution in [0.5, 0.6) is 0 Å². The van der Waals surface area contributed by atoms with Gasteiger partial charge in [-0.15, -0.1) is 0 Å². The fourth-order valence-corrected chi connectivity index (χ4v) is 7.00. The highest BCUT2D eigenvalue weighted by atomic mass is 14.9. The van der Waals surface area contributed by atoms with E-state index in [0.29, 0.717) is 0 Å². The van der Waals surface area contributed by atoms with Gasteiger partial charge >= 0.3 is 0 Å². The second kappa shape index (κ2) is 9.93. The number of nitrogens with zero attached hydrogens (tertiary/aromatic N) is 1. The number of aromatic nitrogens is 1. The molecule has 0 radical (unpaired) electrons. The monoisotopic (exact) mass is 560 g/mol. The Hall–Kier alpha value is -5.73. The number of nitrogens with one attached hydrogen (secondary N) is 1. The van der Waals surface area contributed by atoms with E-state index in [2.05, 4.69) is 156 Å². The van der Waals surface area contributed by atoms with Gasteiger partial charge in [-0.25, -0.2) is 0 Å². The predicted molar refractivity (Wildman–Crippen MR) is 187 cm³/mol. The number of pyridine rings is 1. The summed E-state index contributed by atoms with van der Waals surface area (Å²) < 4.78 is 0. The topological polar surface area (TPSA) is 24.9 Å². The van der Waals surface area contributed by atoms with Crippen molar-refractivity contribution in [3.05, 3.63) is 163 Å². The minimum absolute atomic E-state index is 0.0768. The molecular formula is C42H28N2. The first-order valence-corrected chi connectivity index (χ1v) is 15.2. The highest BCUT2D eigenvalue weighted by Gasteiger charge is 2.19. The van der Waals surface area contributed by atoms with Crippen LogP contribution in [0, 0.1) is 0 Å². The number of anilines is 1. The van der Waals surface area contributed by atoms with Crippen LogP contribution in [-0.4, -0.2) is 4.98 Å². The summed E-state index contributed by atoms with van der Waals surface area (Å²) in [5, 5.41) is 12.5. The van der Waals surface area contributed by atoms with Crippen LogP contribution in [0.2, 0.25) is 0 Å². The third kappa shape index (κ3) is 3.92. The van der Waals surface area contributed by atoms with Crippen LogP contribution in [0.1, 0.15) is 17.2 Å². The summed E-state index contributed by atoms with van der Waals surface area (Å²) in [5.41, 5.74) is 9.55. The molecule has 206 valence electrons. The molecule has 1 atom stereocenters. The molecule has 1 N–H and O–H groups in total. The summed E-state index contributed by atoms with van der Waals surface area (Å²) in [6.07, 6.45) is 6.33. The van der Waals surface area contributed by atoms with Gasteiger partial charge in [-0.3, -0.25) is 4.98 Å². The Morgan fingerprint density at radius 1 is 0.500 bits per heavy atom. The van der Waals surface area contributed by atoms with Crippen molar-refractivity contribution in [3.8, 4) is 22.3 Å². The molecule has 0 amide bonds. The number of benzene rings is 7. The van der Waals surface area contributed by atoms with Gasteiger partial charge in [0.25, 0.3) is 0 Å². The van der Waals surface area contributed by atoms with E-state index in [9.17, 15) is 0 Å². The quantitative estimate of drug-likeness (QED) is 0.217. The van der Waals surface area contributed by atoms with Crippen molar-refractivity contribution in [3.63, 3.8) is 0 Å². The van der Waals surface area contributed by atoms with Crippen molar-refractivity contribution in [2.24, 2.45) is 0 Å². The molecule has 7 aromatic carbocycles. The molecule has 8 aromatic rings. The summed E-state index contributed by atoms with van der Waals surface area (Å²) >= 11 is 0. The minimum atomic E-state index is 0.0768. The number of rotatable bonds is 3. The third-order valence-electron chi connectivity index (χ3n) is 9.10. The van der Waals surface area contributed by atoms with Gasteiger partial charge in [-0.1, -0.05) is 140 Å². The van der Waals surface area contributed by atoms with Crippen molar-refractivity contribution < 1.29 is 0 Å². The smallest absolute Gasteiger partial charge is 0.0939 e. The summed E-state index contributed by atoms with van der Waals surface area (Å²) in [5.74, 6) is 0. The van der Waals surface area contributed by atoms with Crippen molar-refractivity contribution in [2.45, 2.75) is 6.04 Å². The Morgan fingerprint density at radius 2 is 1.09 bits per heavy atom. The van der Waals surface area contributed by atoms with Gasteiger partial charge in [0.2, 0.25) is 0 Å². The van der Waals surface area contributed by atoms with E-state index >= 15 is 0 Å². The van der Waals surface area contributed by atoms with Crippen LogP contribution >= 0.6 is 0 Å². The van der Waals surface area contributed by atoms with Crippen molar-refractivity contribution in [1.82, 2.24) is 4.98 Å². The van der Waals surface area contributed by atoms with E-state index < -0.39 is 0 Å². The lowest BCUT2D eigenvalue weighted by molar-refractivity contribution is 0.981. The highest BCUT2D eigenvalue weighted by Crippen LogP contribution is 2.44. The SMILES string of the molecule is C1=CC(c2ccc(-c3c4ccccc4c(-c4ccc5ccccc5c4)c4ccccc34)cc2)Nc2c1ccc1cccnc21. The molecular weight excluding hydrogens is 532 g/mol. The lowest BCUT2D eigenvalue weighted by atomic mass is 9.85. The standard InChI is InChI=1S/C42H28N2/c1-2-9-32-26-33(22-15-27(32)8-1)40-36-13-5-3-11-34(36)39(35-12-4-6-14-37(35)40)29-18-16-28(17-19-29)38-24-23-31-21-20-30-10-7-25-43-41(30)42(31)44-38/h1-26,38,44H. The van der Waals surface area contributed by atoms with E-state index in [-0.39, 0.29) is 6.04 Å². The number of hydrogen-bond donors (Lipinski definition) is 1. The van der Waals surface area contributed by atoms with Crippen LogP contribution < -0.4 is 5.32 Å². The lowest BCUT2D eigenvalue weighted by Crippen LogP contribution is -2.12. The Balaban J connectivity index is 1.17. The Morgan fingerprint density at radius 3 is 1.82 bits per heavy atom.